The molecule has 3 aromatic rings. The first kappa shape index (κ1) is 20.3. The lowest BCUT2D eigenvalue weighted by Crippen LogP contribution is -2.21. The third-order valence-electron chi connectivity index (χ3n) is 5.49. The summed E-state index contributed by atoms with van der Waals surface area (Å²) in [5.74, 6) is 0.379. The summed E-state index contributed by atoms with van der Waals surface area (Å²) in [7, 11) is 0.400. The zero-order valence-corrected chi connectivity index (χ0v) is 17.7. The molecule has 3 aromatic carbocycles. The Balaban J connectivity index is 2.00. The molecular formula is C25H27O2P. The van der Waals surface area contributed by atoms with Crippen LogP contribution in [0.15, 0.2) is 66.7 Å². The summed E-state index contributed by atoms with van der Waals surface area (Å²) in [4.78, 5) is 11.6. The summed E-state index contributed by atoms with van der Waals surface area (Å²) >= 11 is 0. The third-order valence-corrected chi connectivity index (χ3v) is 7.60. The third kappa shape index (κ3) is 4.18. The maximum absolute atomic E-state index is 11.6. The van der Waals surface area contributed by atoms with E-state index < -0.39 is 0 Å². The Morgan fingerprint density at radius 1 is 1.00 bits per heavy atom. The van der Waals surface area contributed by atoms with Crippen LogP contribution in [0.1, 0.15) is 52.9 Å². The maximum atomic E-state index is 11.6. The van der Waals surface area contributed by atoms with Crippen LogP contribution in [0, 0.1) is 6.92 Å². The van der Waals surface area contributed by atoms with Crippen molar-refractivity contribution in [3.8, 4) is 5.75 Å². The number of phenolic OH excluding ortho intramolecular Hbond substituents is 1. The lowest BCUT2D eigenvalue weighted by atomic mass is 9.92. The Hall–Kier alpha value is -2.44. The van der Waals surface area contributed by atoms with Crippen LogP contribution in [0.2, 0.25) is 0 Å². The van der Waals surface area contributed by atoms with Crippen molar-refractivity contribution in [1.29, 1.82) is 0 Å². The molecule has 2 unspecified atom stereocenters. The minimum absolute atomic E-state index is 0.235. The molecule has 0 spiro atoms. The zero-order valence-electron chi connectivity index (χ0n) is 16.7. The monoisotopic (exact) mass is 390 g/mol. The highest BCUT2D eigenvalue weighted by Crippen LogP contribution is 2.48. The van der Waals surface area contributed by atoms with Crippen molar-refractivity contribution in [3.63, 3.8) is 0 Å². The van der Waals surface area contributed by atoms with Gasteiger partial charge in [0, 0.05) is 22.7 Å². The number of hydrogen-bond acceptors (Lipinski definition) is 2. The van der Waals surface area contributed by atoms with Crippen molar-refractivity contribution in [1.82, 2.24) is 0 Å². The van der Waals surface area contributed by atoms with Gasteiger partial charge >= 0.3 is 0 Å². The van der Waals surface area contributed by atoms with Gasteiger partial charge in [-0.15, -0.1) is 0 Å². The molecule has 28 heavy (non-hydrogen) atoms. The maximum Gasteiger partial charge on any atom is 0.150 e. The van der Waals surface area contributed by atoms with Crippen LogP contribution in [0.3, 0.4) is 0 Å². The second-order valence-corrected chi connectivity index (χ2v) is 9.30. The minimum atomic E-state index is -0.235. The van der Waals surface area contributed by atoms with Crippen molar-refractivity contribution in [2.24, 2.45) is 0 Å². The van der Waals surface area contributed by atoms with E-state index in [2.05, 4.69) is 39.0 Å². The van der Waals surface area contributed by atoms with E-state index >= 15 is 0 Å². The summed E-state index contributed by atoms with van der Waals surface area (Å²) in [6.07, 6.45) is 2.52. The Bertz CT molecular complexity index is 966. The number of carbonyl (C=O) groups excluding carboxylic acids is 1. The van der Waals surface area contributed by atoms with Gasteiger partial charge in [-0.1, -0.05) is 89.2 Å². The smallest absolute Gasteiger partial charge is 0.150 e. The second-order valence-electron chi connectivity index (χ2n) is 7.44. The van der Waals surface area contributed by atoms with Crippen LogP contribution in [0.5, 0.6) is 5.75 Å². The summed E-state index contributed by atoms with van der Waals surface area (Å²) in [5, 5.41) is 12.0. The van der Waals surface area contributed by atoms with Gasteiger partial charge in [-0.05, 0) is 35.3 Å². The van der Waals surface area contributed by atoms with Crippen LogP contribution in [0.25, 0.3) is 0 Å². The molecule has 0 heterocycles. The van der Waals surface area contributed by atoms with Crippen molar-refractivity contribution >= 4 is 20.2 Å². The Kier molecular flexibility index (Phi) is 6.31. The quantitative estimate of drug-likeness (QED) is 0.413. The van der Waals surface area contributed by atoms with Crippen LogP contribution in [-0.2, 0) is 11.6 Å². The van der Waals surface area contributed by atoms with E-state index in [1.54, 1.807) is 0 Å². The Morgan fingerprint density at radius 3 is 2.39 bits per heavy atom. The van der Waals surface area contributed by atoms with E-state index in [9.17, 15) is 9.90 Å². The molecular weight excluding hydrogens is 363 g/mol. The highest BCUT2D eigenvalue weighted by atomic mass is 31.1. The normalized spacial score (nSPS) is 13.5. The zero-order chi connectivity index (χ0) is 20.1. The minimum Gasteiger partial charge on any atom is -0.507 e. The predicted molar refractivity (Wildman–Crippen MR) is 120 cm³/mol. The van der Waals surface area contributed by atoms with Gasteiger partial charge in [0.15, 0.2) is 6.29 Å². The first-order valence-electron chi connectivity index (χ1n) is 9.66. The van der Waals surface area contributed by atoms with Gasteiger partial charge in [-0.2, -0.15) is 0 Å². The number of hydrogen-bond donors (Lipinski definition) is 1. The summed E-state index contributed by atoms with van der Waals surface area (Å²) in [6, 6.07) is 22.1. The summed E-state index contributed by atoms with van der Waals surface area (Å²) in [6.45, 7) is 6.39. The fourth-order valence-corrected chi connectivity index (χ4v) is 5.21. The molecule has 0 amide bonds. The average Bonchev–Trinajstić information content (AvgIpc) is 2.71. The van der Waals surface area contributed by atoms with E-state index in [1.165, 1.54) is 5.56 Å². The SMILES string of the molecule is CCC(C)(Pc1c(C)cccc1C=O)c1cccc(Cc2ccccc2)c1O. The summed E-state index contributed by atoms with van der Waals surface area (Å²) in [5.41, 5.74) is 4.95. The number of para-hydroxylation sites is 1. The number of phenols is 1. The van der Waals surface area contributed by atoms with Gasteiger partial charge in [0.05, 0.1) is 0 Å². The predicted octanol–water partition coefficient (Wildman–Crippen LogP) is 5.73. The van der Waals surface area contributed by atoms with Crippen LogP contribution < -0.4 is 5.30 Å². The molecule has 0 radical (unpaired) electrons. The van der Waals surface area contributed by atoms with Gasteiger partial charge in [0.1, 0.15) is 5.75 Å². The molecule has 0 aliphatic carbocycles. The molecule has 2 nitrogen and oxygen atoms in total. The van der Waals surface area contributed by atoms with Gasteiger partial charge in [-0.3, -0.25) is 4.79 Å². The molecule has 3 heteroatoms. The standard InChI is InChI=1S/C25H27O2P/c1-4-25(3,28-24-18(2)10-8-14-21(24)17-26)22-15-9-13-20(23(22)27)16-19-11-6-5-7-12-19/h5-15,17,27-28H,4,16H2,1-3H3. The van der Waals surface area contributed by atoms with E-state index in [0.29, 0.717) is 20.8 Å². The molecule has 0 saturated carbocycles. The molecule has 0 saturated heterocycles. The number of rotatable bonds is 7. The first-order valence-corrected chi connectivity index (χ1v) is 10.7. The number of carbonyl (C=O) groups is 1. The molecule has 0 fully saturated rings. The molecule has 2 atom stereocenters. The highest BCUT2D eigenvalue weighted by molar-refractivity contribution is 7.49. The number of benzene rings is 3. The van der Waals surface area contributed by atoms with Crippen LogP contribution in [0.4, 0.5) is 0 Å². The molecule has 0 bridgehead atoms. The lowest BCUT2D eigenvalue weighted by Gasteiger charge is -2.31. The Morgan fingerprint density at radius 2 is 1.71 bits per heavy atom. The average molecular weight is 390 g/mol. The fraction of sp³-hybridized carbons (Fsp3) is 0.240. The second kappa shape index (κ2) is 8.71. The van der Waals surface area contributed by atoms with Crippen molar-refractivity contribution in [2.75, 3.05) is 0 Å². The molecule has 144 valence electrons. The van der Waals surface area contributed by atoms with Crippen LogP contribution >= 0.6 is 8.58 Å². The molecule has 0 aromatic heterocycles. The van der Waals surface area contributed by atoms with Crippen molar-refractivity contribution < 1.29 is 9.90 Å². The topological polar surface area (TPSA) is 37.3 Å². The molecule has 0 aliphatic rings. The van der Waals surface area contributed by atoms with Gasteiger partial charge in [0.2, 0.25) is 0 Å². The molecule has 1 N–H and O–H groups in total. The van der Waals surface area contributed by atoms with E-state index in [4.69, 9.17) is 0 Å². The van der Waals surface area contributed by atoms with Crippen molar-refractivity contribution in [2.45, 2.75) is 38.8 Å². The highest BCUT2D eigenvalue weighted by Gasteiger charge is 2.30. The number of aldehydes is 1. The van der Waals surface area contributed by atoms with E-state index in [1.807, 2.05) is 48.5 Å². The van der Waals surface area contributed by atoms with Crippen molar-refractivity contribution in [3.05, 3.63) is 94.5 Å². The molecule has 0 aliphatic heterocycles. The largest absolute Gasteiger partial charge is 0.507 e. The van der Waals surface area contributed by atoms with E-state index in [-0.39, 0.29) is 5.16 Å². The number of aromatic hydroxyl groups is 1. The first-order chi connectivity index (χ1) is 13.5. The summed E-state index contributed by atoms with van der Waals surface area (Å²) < 4.78 is 0. The Labute approximate surface area is 169 Å². The van der Waals surface area contributed by atoms with Crippen LogP contribution in [-0.4, -0.2) is 11.4 Å². The van der Waals surface area contributed by atoms with E-state index in [0.717, 1.165) is 40.3 Å². The fourth-order valence-electron chi connectivity index (χ4n) is 3.58. The molecule has 3 rings (SSSR count). The van der Waals surface area contributed by atoms with Gasteiger partial charge < -0.3 is 5.11 Å². The number of aryl methyl sites for hydroxylation is 1. The van der Waals surface area contributed by atoms with Gasteiger partial charge in [0.25, 0.3) is 0 Å². The van der Waals surface area contributed by atoms with Gasteiger partial charge in [-0.25, -0.2) is 0 Å². The lowest BCUT2D eigenvalue weighted by molar-refractivity contribution is 0.112.